The van der Waals surface area contributed by atoms with Crippen LogP contribution in [0.5, 0.6) is 5.75 Å². The predicted octanol–water partition coefficient (Wildman–Crippen LogP) is 3.67. The SMILES string of the molecule is CC(C)Oc1cccc(-c2n[nH]c(=S)n2/N=C\c2cccnc2)c1. The minimum Gasteiger partial charge on any atom is -0.491 e. The third-order valence-corrected chi connectivity index (χ3v) is 3.39. The maximum Gasteiger partial charge on any atom is 0.216 e. The molecule has 0 fully saturated rings. The fraction of sp³-hybridized carbons (Fsp3) is 0.176. The molecule has 1 aromatic carbocycles. The van der Waals surface area contributed by atoms with Crippen molar-refractivity contribution in [2.75, 3.05) is 0 Å². The highest BCUT2D eigenvalue weighted by molar-refractivity contribution is 7.71. The van der Waals surface area contributed by atoms with Gasteiger partial charge in [-0.1, -0.05) is 18.2 Å². The molecule has 0 amide bonds. The zero-order chi connectivity index (χ0) is 16.9. The van der Waals surface area contributed by atoms with Crippen LogP contribution in [0.25, 0.3) is 11.4 Å². The van der Waals surface area contributed by atoms with Crippen molar-refractivity contribution in [2.45, 2.75) is 20.0 Å². The average molecular weight is 339 g/mol. The van der Waals surface area contributed by atoms with Crippen LogP contribution in [-0.4, -0.2) is 32.2 Å². The molecule has 0 aliphatic heterocycles. The van der Waals surface area contributed by atoms with Gasteiger partial charge < -0.3 is 4.74 Å². The van der Waals surface area contributed by atoms with Crippen LogP contribution in [0.2, 0.25) is 0 Å². The third kappa shape index (κ3) is 3.75. The highest BCUT2D eigenvalue weighted by Crippen LogP contribution is 2.23. The second-order valence-corrected chi connectivity index (χ2v) is 5.78. The molecule has 0 aliphatic rings. The Balaban J connectivity index is 1.96. The molecule has 0 spiro atoms. The van der Waals surface area contributed by atoms with Crippen LogP contribution in [0.4, 0.5) is 0 Å². The minimum absolute atomic E-state index is 0.102. The smallest absolute Gasteiger partial charge is 0.216 e. The molecular weight excluding hydrogens is 322 g/mol. The Hall–Kier alpha value is -2.80. The number of nitrogens with zero attached hydrogens (tertiary/aromatic N) is 4. The Morgan fingerprint density at radius 1 is 1.29 bits per heavy atom. The summed E-state index contributed by atoms with van der Waals surface area (Å²) in [6.07, 6.45) is 5.23. The summed E-state index contributed by atoms with van der Waals surface area (Å²) in [7, 11) is 0. The van der Waals surface area contributed by atoms with Crippen molar-refractivity contribution in [1.29, 1.82) is 0 Å². The number of hydrogen-bond acceptors (Lipinski definition) is 5. The predicted molar refractivity (Wildman–Crippen MR) is 95.8 cm³/mol. The van der Waals surface area contributed by atoms with E-state index in [2.05, 4.69) is 20.3 Å². The van der Waals surface area contributed by atoms with Crippen molar-refractivity contribution in [3.8, 4) is 17.1 Å². The Kier molecular flexibility index (Phi) is 4.81. The van der Waals surface area contributed by atoms with Crippen LogP contribution < -0.4 is 4.74 Å². The maximum absolute atomic E-state index is 5.73. The second kappa shape index (κ2) is 7.18. The quantitative estimate of drug-likeness (QED) is 0.569. The van der Waals surface area contributed by atoms with Crippen LogP contribution in [0.1, 0.15) is 19.4 Å². The summed E-state index contributed by atoms with van der Waals surface area (Å²) in [5.74, 6) is 1.40. The molecule has 1 N–H and O–H groups in total. The summed E-state index contributed by atoms with van der Waals surface area (Å²) in [4.78, 5) is 4.06. The van der Waals surface area contributed by atoms with Gasteiger partial charge in [0.2, 0.25) is 4.77 Å². The van der Waals surface area contributed by atoms with Crippen LogP contribution in [-0.2, 0) is 0 Å². The van der Waals surface area contributed by atoms with E-state index in [9.17, 15) is 0 Å². The van der Waals surface area contributed by atoms with E-state index in [-0.39, 0.29) is 6.10 Å². The molecule has 3 rings (SSSR count). The number of nitrogens with one attached hydrogen (secondary N) is 1. The van der Waals surface area contributed by atoms with Crippen molar-refractivity contribution >= 4 is 18.4 Å². The molecule has 3 aromatic rings. The molecule has 24 heavy (non-hydrogen) atoms. The van der Waals surface area contributed by atoms with Crippen LogP contribution in [0.3, 0.4) is 0 Å². The summed E-state index contributed by atoms with van der Waals surface area (Å²) in [5, 5.41) is 11.5. The lowest BCUT2D eigenvalue weighted by Gasteiger charge is -2.10. The van der Waals surface area contributed by atoms with E-state index >= 15 is 0 Å². The summed E-state index contributed by atoms with van der Waals surface area (Å²) in [5.41, 5.74) is 1.74. The Morgan fingerprint density at radius 2 is 2.17 bits per heavy atom. The number of aromatic nitrogens is 4. The standard InChI is InChI=1S/C17H17N5OS/c1-12(2)23-15-7-3-6-14(9-15)16-20-21-17(24)22(16)19-11-13-5-4-8-18-10-13/h3-12H,1-2H3,(H,21,24)/b19-11-. The summed E-state index contributed by atoms with van der Waals surface area (Å²) in [6, 6.07) is 11.4. The van der Waals surface area contributed by atoms with Crippen molar-refractivity contribution in [1.82, 2.24) is 19.9 Å². The molecule has 0 radical (unpaired) electrons. The first-order chi connectivity index (χ1) is 11.6. The van der Waals surface area contributed by atoms with Gasteiger partial charge in [-0.15, -0.1) is 0 Å². The zero-order valence-electron chi connectivity index (χ0n) is 13.4. The topological polar surface area (TPSA) is 68.1 Å². The Labute approximate surface area is 144 Å². The van der Waals surface area contributed by atoms with Gasteiger partial charge in [-0.25, -0.2) is 5.10 Å². The van der Waals surface area contributed by atoms with E-state index in [0.29, 0.717) is 10.6 Å². The second-order valence-electron chi connectivity index (χ2n) is 5.39. The lowest BCUT2D eigenvalue weighted by Crippen LogP contribution is -2.05. The lowest BCUT2D eigenvalue weighted by molar-refractivity contribution is 0.242. The van der Waals surface area contributed by atoms with Crippen LogP contribution >= 0.6 is 12.2 Å². The molecule has 122 valence electrons. The van der Waals surface area contributed by atoms with Crippen molar-refractivity contribution in [2.24, 2.45) is 5.10 Å². The van der Waals surface area contributed by atoms with Crippen molar-refractivity contribution in [3.63, 3.8) is 0 Å². The molecular formula is C17H17N5OS. The molecule has 6 nitrogen and oxygen atoms in total. The fourth-order valence-corrected chi connectivity index (χ4v) is 2.32. The van der Waals surface area contributed by atoms with Gasteiger partial charge in [0.25, 0.3) is 0 Å². The Bertz CT molecular complexity index is 899. The van der Waals surface area contributed by atoms with E-state index in [1.54, 1.807) is 23.3 Å². The number of H-pyrrole nitrogens is 1. The minimum atomic E-state index is 0.102. The molecule has 0 aliphatic carbocycles. The molecule has 2 aromatic heterocycles. The first kappa shape index (κ1) is 16.1. The van der Waals surface area contributed by atoms with Crippen molar-refractivity contribution in [3.05, 3.63) is 59.1 Å². The molecule has 0 bridgehead atoms. The largest absolute Gasteiger partial charge is 0.491 e. The maximum atomic E-state index is 5.73. The van der Waals surface area contributed by atoms with Crippen molar-refractivity contribution < 1.29 is 4.74 Å². The van der Waals surface area contributed by atoms with E-state index in [0.717, 1.165) is 16.9 Å². The van der Waals surface area contributed by atoms with Gasteiger partial charge in [0.15, 0.2) is 5.82 Å². The first-order valence-electron chi connectivity index (χ1n) is 7.52. The van der Waals surface area contributed by atoms with Gasteiger partial charge in [-0.05, 0) is 44.3 Å². The number of aromatic amines is 1. The molecule has 2 heterocycles. The molecule has 0 atom stereocenters. The van der Waals surface area contributed by atoms with Gasteiger partial charge in [0.1, 0.15) is 5.75 Å². The monoisotopic (exact) mass is 339 g/mol. The number of rotatable bonds is 5. The van der Waals surface area contributed by atoms with Gasteiger partial charge >= 0.3 is 0 Å². The third-order valence-electron chi connectivity index (χ3n) is 3.12. The average Bonchev–Trinajstić information content (AvgIpc) is 2.94. The van der Waals surface area contributed by atoms with E-state index in [1.165, 1.54) is 0 Å². The molecule has 0 unspecified atom stereocenters. The molecule has 0 saturated carbocycles. The highest BCUT2D eigenvalue weighted by atomic mass is 32.1. The summed E-state index contributed by atoms with van der Waals surface area (Å²) < 4.78 is 7.73. The number of benzene rings is 1. The summed E-state index contributed by atoms with van der Waals surface area (Å²) in [6.45, 7) is 3.97. The van der Waals surface area contributed by atoms with Gasteiger partial charge in [0, 0.05) is 23.5 Å². The number of ether oxygens (including phenoxy) is 1. The summed E-state index contributed by atoms with van der Waals surface area (Å²) >= 11 is 5.28. The first-order valence-corrected chi connectivity index (χ1v) is 7.93. The Morgan fingerprint density at radius 3 is 2.92 bits per heavy atom. The molecule has 0 saturated heterocycles. The highest BCUT2D eigenvalue weighted by Gasteiger charge is 2.09. The van der Waals surface area contributed by atoms with E-state index in [4.69, 9.17) is 17.0 Å². The van der Waals surface area contributed by atoms with Crippen LogP contribution in [0.15, 0.2) is 53.9 Å². The van der Waals surface area contributed by atoms with E-state index in [1.807, 2.05) is 50.2 Å². The zero-order valence-corrected chi connectivity index (χ0v) is 14.2. The van der Waals surface area contributed by atoms with Gasteiger partial charge in [-0.2, -0.15) is 14.9 Å². The normalized spacial score (nSPS) is 11.3. The van der Waals surface area contributed by atoms with Gasteiger partial charge in [-0.3, -0.25) is 4.98 Å². The van der Waals surface area contributed by atoms with Gasteiger partial charge in [0.05, 0.1) is 12.3 Å². The number of hydrogen-bond donors (Lipinski definition) is 1. The number of pyridine rings is 1. The van der Waals surface area contributed by atoms with Crippen LogP contribution in [0, 0.1) is 4.77 Å². The fourth-order valence-electron chi connectivity index (χ4n) is 2.14. The van der Waals surface area contributed by atoms with E-state index < -0.39 is 0 Å². The lowest BCUT2D eigenvalue weighted by atomic mass is 10.2. The molecule has 7 heteroatoms.